The Hall–Kier alpha value is -5.06. The van der Waals surface area contributed by atoms with Gasteiger partial charge < -0.3 is 37.9 Å². The first-order valence-electron chi connectivity index (χ1n) is 16.1. The van der Waals surface area contributed by atoms with Gasteiger partial charge in [0.15, 0.2) is 0 Å². The summed E-state index contributed by atoms with van der Waals surface area (Å²) in [5.74, 6) is 2.75. The number of ether oxygens (including phenoxy) is 8. The van der Waals surface area contributed by atoms with E-state index in [0.717, 1.165) is 32.5 Å². The Morgan fingerprint density at radius 2 is 0.979 bits per heavy atom. The highest BCUT2D eigenvalue weighted by Gasteiger charge is 2.23. The molecule has 3 unspecified atom stereocenters. The molecule has 4 aromatic carbocycles. The summed E-state index contributed by atoms with van der Waals surface area (Å²) in [6.07, 6.45) is 2.94. The van der Waals surface area contributed by atoms with Crippen LogP contribution in [0, 0.1) is 0 Å². The molecule has 2 aliphatic heterocycles. The maximum atomic E-state index is 12.6. The molecule has 10 heteroatoms. The largest absolute Gasteiger partial charge is 0.494 e. The third-order valence-electron chi connectivity index (χ3n) is 7.54. The Labute approximate surface area is 279 Å². The summed E-state index contributed by atoms with van der Waals surface area (Å²) in [5.41, 5.74) is 0.861. The Morgan fingerprint density at radius 3 is 1.44 bits per heavy atom. The van der Waals surface area contributed by atoms with Crippen molar-refractivity contribution < 1.29 is 47.5 Å². The van der Waals surface area contributed by atoms with Gasteiger partial charge in [-0.1, -0.05) is 0 Å². The minimum atomic E-state index is -0.448. The highest BCUT2D eigenvalue weighted by molar-refractivity contribution is 5.91. The van der Waals surface area contributed by atoms with Crippen LogP contribution >= 0.6 is 0 Å². The van der Waals surface area contributed by atoms with E-state index in [2.05, 4.69) is 0 Å². The summed E-state index contributed by atoms with van der Waals surface area (Å²) in [6, 6.07) is 27.7. The third-order valence-corrected chi connectivity index (χ3v) is 7.54. The molecule has 0 saturated carbocycles. The van der Waals surface area contributed by atoms with Crippen LogP contribution in [0.2, 0.25) is 0 Å². The highest BCUT2D eigenvalue weighted by atomic mass is 16.6. The van der Waals surface area contributed by atoms with Crippen LogP contribution in [0.4, 0.5) is 0 Å². The van der Waals surface area contributed by atoms with Crippen LogP contribution in [0.3, 0.4) is 0 Å². The molecule has 0 aliphatic carbocycles. The van der Waals surface area contributed by atoms with Crippen molar-refractivity contribution in [1.29, 1.82) is 0 Å². The molecule has 2 saturated heterocycles. The predicted molar refractivity (Wildman–Crippen MR) is 176 cm³/mol. The van der Waals surface area contributed by atoms with Crippen LogP contribution in [0.15, 0.2) is 97.1 Å². The van der Waals surface area contributed by atoms with E-state index in [9.17, 15) is 9.59 Å². The predicted octanol–water partition coefficient (Wildman–Crippen LogP) is 6.70. The topological polar surface area (TPSA) is 115 Å². The van der Waals surface area contributed by atoms with Gasteiger partial charge in [0.05, 0.1) is 37.1 Å². The SMILES string of the molecule is CC(CCCCOc1ccc(C(=O)Oc2ccc(OCC3CO3)cc2)cc1)Oc1ccc(C(=O)Oc2ccc(OCC3CO3)cc2)cc1. The van der Waals surface area contributed by atoms with Crippen molar-refractivity contribution >= 4 is 11.9 Å². The van der Waals surface area contributed by atoms with Crippen molar-refractivity contribution in [3.05, 3.63) is 108 Å². The zero-order valence-corrected chi connectivity index (χ0v) is 26.7. The minimum Gasteiger partial charge on any atom is -0.494 e. The Kier molecular flexibility index (Phi) is 11.1. The number of carbonyl (C=O) groups excluding carboxylic acids is 2. The first kappa shape index (κ1) is 32.9. The molecule has 4 aromatic rings. The van der Waals surface area contributed by atoms with Crippen LogP contribution in [-0.4, -0.2) is 63.3 Å². The Bertz CT molecular complexity index is 1610. The lowest BCUT2D eigenvalue weighted by Crippen LogP contribution is -2.13. The van der Waals surface area contributed by atoms with Gasteiger partial charge in [-0.25, -0.2) is 9.59 Å². The first-order valence-corrected chi connectivity index (χ1v) is 16.1. The standard InChI is InChI=1S/C38H38O10/c1-26(46-32-11-7-28(8-12-32)38(40)48-34-19-15-31(16-20-34)43-23-36-25-45-36)4-2-3-21-41-29-9-5-27(6-10-29)37(39)47-33-17-13-30(14-18-33)42-22-35-24-44-35/h5-20,26,35-36H,2-4,21-25H2,1H3. The number of esters is 2. The van der Waals surface area contributed by atoms with Crippen molar-refractivity contribution in [3.63, 3.8) is 0 Å². The number of carbonyl (C=O) groups is 2. The fourth-order valence-electron chi connectivity index (χ4n) is 4.62. The molecule has 2 aliphatic rings. The van der Waals surface area contributed by atoms with Crippen LogP contribution in [0.1, 0.15) is 46.9 Å². The van der Waals surface area contributed by atoms with Gasteiger partial charge in [0.2, 0.25) is 0 Å². The number of epoxide rings is 2. The van der Waals surface area contributed by atoms with E-state index in [-0.39, 0.29) is 18.3 Å². The molecule has 48 heavy (non-hydrogen) atoms. The zero-order chi connectivity index (χ0) is 33.1. The minimum absolute atomic E-state index is 0.0126. The lowest BCUT2D eigenvalue weighted by Gasteiger charge is -2.15. The van der Waals surface area contributed by atoms with Crippen LogP contribution in [0.5, 0.6) is 34.5 Å². The Morgan fingerprint density at radius 1 is 0.583 bits per heavy atom. The quantitative estimate of drug-likeness (QED) is 0.0497. The second-order valence-corrected chi connectivity index (χ2v) is 11.6. The number of hydrogen-bond acceptors (Lipinski definition) is 10. The van der Waals surface area contributed by atoms with Gasteiger partial charge in [-0.3, -0.25) is 0 Å². The molecule has 250 valence electrons. The highest BCUT2D eigenvalue weighted by Crippen LogP contribution is 2.23. The summed E-state index contributed by atoms with van der Waals surface area (Å²) < 4.78 is 44.3. The average Bonchev–Trinajstić information content (AvgIpc) is 4.04. The van der Waals surface area contributed by atoms with E-state index in [1.165, 1.54) is 0 Å². The van der Waals surface area contributed by atoms with Gasteiger partial charge in [-0.15, -0.1) is 0 Å². The van der Waals surface area contributed by atoms with Crippen LogP contribution in [0.25, 0.3) is 0 Å². The molecule has 0 aromatic heterocycles. The van der Waals surface area contributed by atoms with Crippen molar-refractivity contribution in [2.45, 2.75) is 44.5 Å². The molecular weight excluding hydrogens is 616 g/mol. The van der Waals surface area contributed by atoms with Crippen molar-refractivity contribution in [2.24, 2.45) is 0 Å². The van der Waals surface area contributed by atoms with E-state index in [1.807, 2.05) is 6.92 Å². The van der Waals surface area contributed by atoms with Crippen LogP contribution < -0.4 is 28.4 Å². The fourth-order valence-corrected chi connectivity index (χ4v) is 4.62. The number of benzene rings is 4. The normalized spacial score (nSPS) is 16.7. The van der Waals surface area contributed by atoms with E-state index in [4.69, 9.17) is 37.9 Å². The molecular formula is C38H38O10. The van der Waals surface area contributed by atoms with E-state index in [0.29, 0.717) is 65.4 Å². The second-order valence-electron chi connectivity index (χ2n) is 11.6. The molecule has 0 radical (unpaired) electrons. The molecule has 0 N–H and O–H groups in total. The summed E-state index contributed by atoms with van der Waals surface area (Å²) >= 11 is 0. The van der Waals surface area contributed by atoms with Gasteiger partial charge in [-0.05, 0) is 123 Å². The molecule has 2 fully saturated rings. The maximum Gasteiger partial charge on any atom is 0.343 e. The molecule has 10 nitrogen and oxygen atoms in total. The molecule has 3 atom stereocenters. The smallest absolute Gasteiger partial charge is 0.343 e. The number of unbranched alkanes of at least 4 members (excludes halogenated alkanes) is 1. The number of hydrogen-bond donors (Lipinski definition) is 0. The van der Waals surface area contributed by atoms with Crippen LogP contribution in [-0.2, 0) is 9.47 Å². The zero-order valence-electron chi connectivity index (χ0n) is 26.7. The first-order chi connectivity index (χ1) is 23.5. The summed E-state index contributed by atoms with van der Waals surface area (Å²) in [7, 11) is 0. The Balaban J connectivity index is 0.842. The summed E-state index contributed by atoms with van der Waals surface area (Å²) in [4.78, 5) is 25.1. The van der Waals surface area contributed by atoms with Crippen molar-refractivity contribution in [1.82, 2.24) is 0 Å². The molecule has 2 heterocycles. The van der Waals surface area contributed by atoms with Crippen molar-refractivity contribution in [3.8, 4) is 34.5 Å². The van der Waals surface area contributed by atoms with E-state index < -0.39 is 11.9 Å². The molecule has 0 amide bonds. The average molecular weight is 655 g/mol. The number of rotatable bonds is 18. The summed E-state index contributed by atoms with van der Waals surface area (Å²) in [5, 5.41) is 0. The van der Waals surface area contributed by atoms with Crippen molar-refractivity contribution in [2.75, 3.05) is 33.0 Å². The summed E-state index contributed by atoms with van der Waals surface area (Å²) in [6.45, 7) is 5.06. The lowest BCUT2D eigenvalue weighted by atomic mass is 10.1. The van der Waals surface area contributed by atoms with Gasteiger partial charge in [0.25, 0.3) is 0 Å². The second kappa shape index (κ2) is 16.2. The fraction of sp³-hybridized carbons (Fsp3) is 0.316. The molecule has 0 spiro atoms. The third kappa shape index (κ3) is 10.5. The molecule has 0 bridgehead atoms. The van der Waals surface area contributed by atoms with Gasteiger partial charge in [0.1, 0.15) is 59.9 Å². The van der Waals surface area contributed by atoms with Gasteiger partial charge in [-0.2, -0.15) is 0 Å². The van der Waals surface area contributed by atoms with Gasteiger partial charge in [0, 0.05) is 0 Å². The monoisotopic (exact) mass is 654 g/mol. The van der Waals surface area contributed by atoms with E-state index in [1.54, 1.807) is 97.1 Å². The van der Waals surface area contributed by atoms with Gasteiger partial charge >= 0.3 is 11.9 Å². The lowest BCUT2D eigenvalue weighted by molar-refractivity contribution is 0.0725. The molecule has 6 rings (SSSR count). The maximum absolute atomic E-state index is 12.6. The van der Waals surface area contributed by atoms with E-state index >= 15 is 0 Å².